The van der Waals surface area contributed by atoms with E-state index in [2.05, 4.69) is 54.9 Å². The van der Waals surface area contributed by atoms with Crippen LogP contribution in [0.15, 0.2) is 30.3 Å². The summed E-state index contributed by atoms with van der Waals surface area (Å²) >= 11 is 0. The van der Waals surface area contributed by atoms with E-state index in [9.17, 15) is 9.59 Å². The highest BCUT2D eigenvalue weighted by atomic mass is 16.2. The van der Waals surface area contributed by atoms with E-state index in [1.54, 1.807) is 0 Å². The van der Waals surface area contributed by atoms with Crippen molar-refractivity contribution < 1.29 is 9.59 Å². The molecule has 0 saturated carbocycles. The topological polar surface area (TPSA) is 55.9 Å². The lowest BCUT2D eigenvalue weighted by atomic mass is 9.92. The number of piperidine rings is 1. The summed E-state index contributed by atoms with van der Waals surface area (Å²) in [7, 11) is 0. The van der Waals surface area contributed by atoms with Gasteiger partial charge in [0.25, 0.3) is 0 Å². The lowest BCUT2D eigenvalue weighted by molar-refractivity contribution is -0.136. The number of carbonyl (C=O) groups is 2. The summed E-state index contributed by atoms with van der Waals surface area (Å²) in [6.07, 6.45) is 1.21. The van der Waals surface area contributed by atoms with Gasteiger partial charge in [0.1, 0.15) is 0 Å². The molecule has 0 aromatic heterocycles. The molecule has 3 atom stereocenters. The summed E-state index contributed by atoms with van der Waals surface area (Å²) in [5.41, 5.74) is 1.15. The number of hydrogen-bond acceptors (Lipinski definition) is 4. The molecule has 0 bridgehead atoms. The Labute approximate surface area is 188 Å². The van der Waals surface area contributed by atoms with Gasteiger partial charge in [-0.2, -0.15) is 0 Å². The van der Waals surface area contributed by atoms with Crippen molar-refractivity contribution in [2.75, 3.05) is 52.4 Å². The third kappa shape index (κ3) is 7.04. The van der Waals surface area contributed by atoms with Gasteiger partial charge in [-0.3, -0.25) is 19.4 Å². The summed E-state index contributed by atoms with van der Waals surface area (Å²) < 4.78 is 0. The second-order valence-corrected chi connectivity index (χ2v) is 10.00. The van der Waals surface area contributed by atoms with Gasteiger partial charge in [0.15, 0.2) is 0 Å². The van der Waals surface area contributed by atoms with Crippen molar-refractivity contribution in [1.82, 2.24) is 20.0 Å². The predicted molar refractivity (Wildman–Crippen MR) is 125 cm³/mol. The molecule has 0 radical (unpaired) electrons. The largest absolute Gasteiger partial charge is 0.348 e. The van der Waals surface area contributed by atoms with Crippen molar-refractivity contribution in [1.29, 1.82) is 0 Å². The Kier molecular flexibility index (Phi) is 8.50. The molecule has 31 heavy (non-hydrogen) atoms. The second-order valence-electron chi connectivity index (χ2n) is 10.00. The highest BCUT2D eigenvalue weighted by molar-refractivity contribution is 5.79. The standard InChI is InChI=1S/C25H40N4O2/c1-19(2)25(22-8-6-5-7-9-22)26-23(30)17-27-10-12-28(13-11-27)18-24(31)29-15-20(3)14-21(4)16-29/h5-9,19-21,25H,10-18H2,1-4H3,(H,26,30). The lowest BCUT2D eigenvalue weighted by Crippen LogP contribution is -2.53. The average Bonchev–Trinajstić information content (AvgIpc) is 2.73. The third-order valence-corrected chi connectivity index (χ3v) is 6.55. The van der Waals surface area contributed by atoms with E-state index < -0.39 is 0 Å². The quantitative estimate of drug-likeness (QED) is 0.725. The minimum atomic E-state index is 0.0296. The maximum Gasteiger partial charge on any atom is 0.236 e. The monoisotopic (exact) mass is 428 g/mol. The number of carbonyl (C=O) groups excluding carboxylic acids is 2. The molecule has 2 aliphatic heterocycles. The first-order valence-corrected chi connectivity index (χ1v) is 11.9. The van der Waals surface area contributed by atoms with E-state index >= 15 is 0 Å². The van der Waals surface area contributed by atoms with E-state index in [4.69, 9.17) is 0 Å². The van der Waals surface area contributed by atoms with Gasteiger partial charge in [-0.15, -0.1) is 0 Å². The van der Waals surface area contributed by atoms with E-state index in [1.807, 2.05) is 23.1 Å². The number of hydrogen-bond donors (Lipinski definition) is 1. The predicted octanol–water partition coefficient (Wildman–Crippen LogP) is 2.62. The zero-order chi connectivity index (χ0) is 22.4. The van der Waals surface area contributed by atoms with Gasteiger partial charge in [0.05, 0.1) is 19.1 Å². The van der Waals surface area contributed by atoms with Crippen molar-refractivity contribution in [2.45, 2.75) is 40.2 Å². The highest BCUT2D eigenvalue weighted by Gasteiger charge is 2.28. The van der Waals surface area contributed by atoms with Crippen LogP contribution < -0.4 is 5.32 Å². The zero-order valence-corrected chi connectivity index (χ0v) is 19.7. The van der Waals surface area contributed by atoms with Crippen LogP contribution in [0.5, 0.6) is 0 Å². The van der Waals surface area contributed by atoms with Crippen molar-refractivity contribution in [3.05, 3.63) is 35.9 Å². The van der Waals surface area contributed by atoms with E-state index in [0.717, 1.165) is 44.8 Å². The number of nitrogens with one attached hydrogen (secondary N) is 1. The van der Waals surface area contributed by atoms with Gasteiger partial charge in [-0.1, -0.05) is 58.0 Å². The second kappa shape index (κ2) is 11.1. The summed E-state index contributed by atoms with van der Waals surface area (Å²) in [5.74, 6) is 1.84. The van der Waals surface area contributed by atoms with Gasteiger partial charge in [-0.05, 0) is 29.7 Å². The maximum atomic E-state index is 12.7. The summed E-state index contributed by atoms with van der Waals surface area (Å²) in [4.78, 5) is 31.9. The van der Waals surface area contributed by atoms with Crippen LogP contribution in [0.25, 0.3) is 0 Å². The molecular formula is C25H40N4O2. The number of benzene rings is 1. The molecule has 1 aromatic rings. The van der Waals surface area contributed by atoms with Crippen LogP contribution in [0.2, 0.25) is 0 Å². The molecule has 6 heteroatoms. The molecule has 1 aromatic carbocycles. The molecule has 1 N–H and O–H groups in total. The van der Waals surface area contributed by atoms with Crippen LogP contribution >= 0.6 is 0 Å². The lowest BCUT2D eigenvalue weighted by Gasteiger charge is -2.38. The van der Waals surface area contributed by atoms with Gasteiger partial charge in [0, 0.05) is 39.3 Å². The Bertz CT molecular complexity index is 705. The minimum Gasteiger partial charge on any atom is -0.348 e. The average molecular weight is 429 g/mol. The van der Waals surface area contributed by atoms with Crippen molar-refractivity contribution in [3.63, 3.8) is 0 Å². The number of piperazine rings is 1. The van der Waals surface area contributed by atoms with Gasteiger partial charge in [-0.25, -0.2) is 0 Å². The molecule has 3 rings (SSSR count). The van der Waals surface area contributed by atoms with Crippen LogP contribution in [-0.4, -0.2) is 78.9 Å². The number of amides is 2. The molecule has 6 nitrogen and oxygen atoms in total. The van der Waals surface area contributed by atoms with Gasteiger partial charge in [0.2, 0.25) is 11.8 Å². The van der Waals surface area contributed by atoms with E-state index in [-0.39, 0.29) is 17.9 Å². The maximum absolute atomic E-state index is 12.7. The normalized spacial score (nSPS) is 24.2. The first kappa shape index (κ1) is 23.7. The molecular weight excluding hydrogens is 388 g/mol. The van der Waals surface area contributed by atoms with Crippen LogP contribution in [0.4, 0.5) is 0 Å². The zero-order valence-electron chi connectivity index (χ0n) is 19.7. The molecule has 2 saturated heterocycles. The van der Waals surface area contributed by atoms with E-state index in [0.29, 0.717) is 30.8 Å². The fraction of sp³-hybridized carbons (Fsp3) is 0.680. The summed E-state index contributed by atoms with van der Waals surface area (Å²) in [6, 6.07) is 10.2. The third-order valence-electron chi connectivity index (χ3n) is 6.55. The summed E-state index contributed by atoms with van der Waals surface area (Å²) in [5, 5.41) is 3.22. The Hall–Kier alpha value is -1.92. The van der Waals surface area contributed by atoms with Crippen LogP contribution in [0.3, 0.4) is 0 Å². The Morgan fingerprint density at radius 3 is 2.03 bits per heavy atom. The summed E-state index contributed by atoms with van der Waals surface area (Å²) in [6.45, 7) is 14.8. The SMILES string of the molecule is CC1CC(C)CN(C(=O)CN2CCN(CC(=O)NC(c3ccccc3)C(C)C)CC2)C1. The molecule has 0 aliphatic carbocycles. The fourth-order valence-electron chi connectivity index (χ4n) is 4.98. The molecule has 2 heterocycles. The Morgan fingerprint density at radius 2 is 1.48 bits per heavy atom. The Morgan fingerprint density at radius 1 is 0.935 bits per heavy atom. The van der Waals surface area contributed by atoms with Crippen LogP contribution in [0.1, 0.15) is 45.7 Å². The molecule has 2 aliphatic rings. The number of rotatable bonds is 7. The molecule has 0 spiro atoms. The highest BCUT2D eigenvalue weighted by Crippen LogP contribution is 2.22. The minimum absolute atomic E-state index is 0.0296. The van der Waals surface area contributed by atoms with Crippen molar-refractivity contribution in [3.8, 4) is 0 Å². The fourth-order valence-corrected chi connectivity index (χ4v) is 4.98. The van der Waals surface area contributed by atoms with Gasteiger partial charge < -0.3 is 10.2 Å². The van der Waals surface area contributed by atoms with Crippen molar-refractivity contribution >= 4 is 11.8 Å². The number of nitrogens with zero attached hydrogens (tertiary/aromatic N) is 3. The first-order valence-electron chi connectivity index (χ1n) is 11.9. The van der Waals surface area contributed by atoms with Crippen molar-refractivity contribution in [2.24, 2.45) is 17.8 Å². The Balaban J connectivity index is 1.42. The van der Waals surface area contributed by atoms with Crippen LogP contribution in [0, 0.1) is 17.8 Å². The molecule has 3 unspecified atom stereocenters. The van der Waals surface area contributed by atoms with E-state index in [1.165, 1.54) is 6.42 Å². The smallest absolute Gasteiger partial charge is 0.236 e. The first-order chi connectivity index (χ1) is 14.8. The molecule has 172 valence electrons. The molecule has 2 fully saturated rings. The number of likely N-dealkylation sites (tertiary alicyclic amines) is 1. The van der Waals surface area contributed by atoms with Gasteiger partial charge >= 0.3 is 0 Å². The molecule has 2 amide bonds. The van der Waals surface area contributed by atoms with Crippen LogP contribution in [-0.2, 0) is 9.59 Å².